The third-order valence-electron chi connectivity index (χ3n) is 1.81. The van der Waals surface area contributed by atoms with Crippen molar-refractivity contribution in [2.24, 2.45) is 0 Å². The van der Waals surface area contributed by atoms with Gasteiger partial charge in [0.25, 0.3) is 0 Å². The highest BCUT2D eigenvalue weighted by Crippen LogP contribution is 2.07. The standard InChI is InChI=1S/C9H8F2N4/c10-8-1-7(2-9(11)3-8)4-14-15-5-12-13-6-15/h1-3,5-6,14H,4H2. The molecule has 0 saturated carbocycles. The third-order valence-corrected chi connectivity index (χ3v) is 1.81. The van der Waals surface area contributed by atoms with Crippen LogP contribution in [0.15, 0.2) is 30.9 Å². The fourth-order valence-electron chi connectivity index (χ4n) is 1.18. The first-order valence-corrected chi connectivity index (χ1v) is 4.27. The van der Waals surface area contributed by atoms with E-state index >= 15 is 0 Å². The summed E-state index contributed by atoms with van der Waals surface area (Å²) < 4.78 is 27.1. The van der Waals surface area contributed by atoms with Crippen LogP contribution in [0.5, 0.6) is 0 Å². The van der Waals surface area contributed by atoms with Crippen LogP contribution in [0.25, 0.3) is 0 Å². The van der Waals surface area contributed by atoms with E-state index in [4.69, 9.17) is 0 Å². The number of rotatable bonds is 3. The molecule has 1 aromatic heterocycles. The number of benzene rings is 1. The zero-order chi connectivity index (χ0) is 10.7. The molecule has 15 heavy (non-hydrogen) atoms. The van der Waals surface area contributed by atoms with Gasteiger partial charge in [0.1, 0.15) is 24.3 Å². The summed E-state index contributed by atoms with van der Waals surface area (Å²) in [6.07, 6.45) is 2.91. The van der Waals surface area contributed by atoms with Gasteiger partial charge in [-0.15, -0.1) is 10.2 Å². The third kappa shape index (κ3) is 2.49. The molecule has 0 saturated heterocycles. The Labute approximate surface area is 84.5 Å². The van der Waals surface area contributed by atoms with Gasteiger partial charge < -0.3 is 5.43 Å². The smallest absolute Gasteiger partial charge is 0.138 e. The number of halogens is 2. The van der Waals surface area contributed by atoms with E-state index in [1.54, 1.807) is 0 Å². The van der Waals surface area contributed by atoms with Crippen molar-refractivity contribution in [3.63, 3.8) is 0 Å². The van der Waals surface area contributed by atoms with Crippen molar-refractivity contribution < 1.29 is 8.78 Å². The molecule has 0 radical (unpaired) electrons. The van der Waals surface area contributed by atoms with E-state index < -0.39 is 11.6 Å². The molecule has 6 heteroatoms. The lowest BCUT2D eigenvalue weighted by Crippen LogP contribution is -2.12. The van der Waals surface area contributed by atoms with Gasteiger partial charge in [-0.2, -0.15) is 0 Å². The monoisotopic (exact) mass is 210 g/mol. The Hall–Kier alpha value is -1.98. The molecule has 78 valence electrons. The van der Waals surface area contributed by atoms with E-state index in [0.717, 1.165) is 6.07 Å². The van der Waals surface area contributed by atoms with Crippen molar-refractivity contribution in [1.29, 1.82) is 0 Å². The SMILES string of the molecule is Fc1cc(F)cc(CNn2cnnc2)c1. The summed E-state index contributed by atoms with van der Waals surface area (Å²) in [6.45, 7) is 0.298. The Kier molecular flexibility index (Phi) is 2.57. The second-order valence-corrected chi connectivity index (χ2v) is 2.98. The summed E-state index contributed by atoms with van der Waals surface area (Å²) in [5.41, 5.74) is 3.37. The fraction of sp³-hybridized carbons (Fsp3) is 0.111. The zero-order valence-electron chi connectivity index (χ0n) is 7.69. The van der Waals surface area contributed by atoms with Gasteiger partial charge in [0, 0.05) is 6.07 Å². The first kappa shape index (κ1) is 9.57. The molecule has 0 aliphatic carbocycles. The molecule has 4 nitrogen and oxygen atoms in total. The second-order valence-electron chi connectivity index (χ2n) is 2.98. The number of nitrogens with zero attached hydrogens (tertiary/aromatic N) is 3. The first-order chi connectivity index (χ1) is 7.24. The molecule has 0 atom stereocenters. The van der Waals surface area contributed by atoms with Crippen LogP contribution in [-0.4, -0.2) is 14.9 Å². The fourth-order valence-corrected chi connectivity index (χ4v) is 1.18. The minimum Gasteiger partial charge on any atom is -0.319 e. The summed E-state index contributed by atoms with van der Waals surface area (Å²) in [5.74, 6) is -1.17. The summed E-state index contributed by atoms with van der Waals surface area (Å²) in [5, 5.41) is 7.14. The maximum atomic E-state index is 12.8. The van der Waals surface area contributed by atoms with Crippen LogP contribution in [0.1, 0.15) is 5.56 Å². The van der Waals surface area contributed by atoms with Crippen LogP contribution in [-0.2, 0) is 6.54 Å². The number of hydrogen-bond acceptors (Lipinski definition) is 3. The summed E-state index contributed by atoms with van der Waals surface area (Å²) in [6, 6.07) is 3.36. The highest BCUT2D eigenvalue weighted by molar-refractivity contribution is 5.18. The molecule has 0 unspecified atom stereocenters. The van der Waals surface area contributed by atoms with Crippen molar-refractivity contribution in [3.8, 4) is 0 Å². The van der Waals surface area contributed by atoms with E-state index in [1.807, 2.05) is 0 Å². The zero-order valence-corrected chi connectivity index (χ0v) is 7.69. The second kappa shape index (κ2) is 4.04. The maximum absolute atomic E-state index is 12.8. The predicted molar refractivity (Wildman–Crippen MR) is 49.4 cm³/mol. The van der Waals surface area contributed by atoms with Gasteiger partial charge in [-0.25, -0.2) is 13.5 Å². The van der Waals surface area contributed by atoms with Gasteiger partial charge in [-0.1, -0.05) is 0 Å². The van der Waals surface area contributed by atoms with Gasteiger partial charge in [0.2, 0.25) is 0 Å². The average Bonchev–Trinajstić information content (AvgIpc) is 2.65. The normalized spacial score (nSPS) is 10.3. The Morgan fingerprint density at radius 3 is 2.27 bits per heavy atom. The summed E-state index contributed by atoms with van der Waals surface area (Å²) in [7, 11) is 0. The summed E-state index contributed by atoms with van der Waals surface area (Å²) in [4.78, 5) is 0. The molecule has 1 heterocycles. The van der Waals surface area contributed by atoms with Gasteiger partial charge >= 0.3 is 0 Å². The molecule has 2 rings (SSSR count). The first-order valence-electron chi connectivity index (χ1n) is 4.27. The topological polar surface area (TPSA) is 42.7 Å². The van der Waals surface area contributed by atoms with Gasteiger partial charge in [0.15, 0.2) is 0 Å². The van der Waals surface area contributed by atoms with Gasteiger partial charge in [-0.3, -0.25) is 0 Å². The molecular weight excluding hydrogens is 202 g/mol. The predicted octanol–water partition coefficient (Wildman–Crippen LogP) is 1.30. The highest BCUT2D eigenvalue weighted by atomic mass is 19.1. The van der Waals surface area contributed by atoms with E-state index in [-0.39, 0.29) is 0 Å². The van der Waals surface area contributed by atoms with Crippen LogP contribution in [0.4, 0.5) is 8.78 Å². The average molecular weight is 210 g/mol. The van der Waals surface area contributed by atoms with E-state index in [9.17, 15) is 8.78 Å². The lowest BCUT2D eigenvalue weighted by molar-refractivity contribution is 0.579. The van der Waals surface area contributed by atoms with E-state index in [1.165, 1.54) is 29.5 Å². The Balaban J connectivity index is 2.05. The molecule has 0 amide bonds. The van der Waals surface area contributed by atoms with Crippen molar-refractivity contribution in [2.75, 3.05) is 5.43 Å². The molecular formula is C9H8F2N4. The minimum atomic E-state index is -0.587. The molecule has 0 bridgehead atoms. The maximum Gasteiger partial charge on any atom is 0.138 e. The molecule has 1 aromatic carbocycles. The minimum absolute atomic E-state index is 0.298. The number of hydrogen-bond donors (Lipinski definition) is 1. The Bertz CT molecular complexity index is 421. The molecule has 0 aliphatic rings. The van der Waals surface area contributed by atoms with E-state index in [2.05, 4.69) is 15.6 Å². The molecule has 1 N–H and O–H groups in total. The Morgan fingerprint density at radius 2 is 1.67 bits per heavy atom. The summed E-state index contributed by atoms with van der Waals surface area (Å²) >= 11 is 0. The number of aromatic nitrogens is 3. The number of nitrogens with one attached hydrogen (secondary N) is 1. The lowest BCUT2D eigenvalue weighted by atomic mass is 10.2. The van der Waals surface area contributed by atoms with Crippen molar-refractivity contribution >= 4 is 0 Å². The molecule has 0 aliphatic heterocycles. The van der Waals surface area contributed by atoms with E-state index in [0.29, 0.717) is 12.1 Å². The van der Waals surface area contributed by atoms with Crippen LogP contribution in [0.3, 0.4) is 0 Å². The van der Waals surface area contributed by atoms with Crippen LogP contribution >= 0.6 is 0 Å². The lowest BCUT2D eigenvalue weighted by Gasteiger charge is -2.05. The largest absolute Gasteiger partial charge is 0.319 e. The van der Waals surface area contributed by atoms with Crippen LogP contribution in [0.2, 0.25) is 0 Å². The van der Waals surface area contributed by atoms with Gasteiger partial charge in [0.05, 0.1) is 6.54 Å². The van der Waals surface area contributed by atoms with Crippen LogP contribution < -0.4 is 5.43 Å². The van der Waals surface area contributed by atoms with Crippen molar-refractivity contribution in [1.82, 2.24) is 14.9 Å². The molecule has 2 aromatic rings. The van der Waals surface area contributed by atoms with Crippen molar-refractivity contribution in [2.45, 2.75) is 6.54 Å². The Morgan fingerprint density at radius 1 is 1.07 bits per heavy atom. The highest BCUT2D eigenvalue weighted by Gasteiger charge is 2.00. The quantitative estimate of drug-likeness (QED) is 0.830. The molecule has 0 fully saturated rings. The van der Waals surface area contributed by atoms with Gasteiger partial charge in [-0.05, 0) is 17.7 Å². The van der Waals surface area contributed by atoms with Crippen molar-refractivity contribution in [3.05, 3.63) is 48.1 Å². The van der Waals surface area contributed by atoms with Crippen LogP contribution in [0, 0.1) is 11.6 Å². The molecule has 0 spiro atoms.